The topological polar surface area (TPSA) is 83.8 Å². The molecule has 3 aromatic carbocycles. The summed E-state index contributed by atoms with van der Waals surface area (Å²) in [4.78, 5) is 12.8. The van der Waals surface area contributed by atoms with Gasteiger partial charge in [-0.2, -0.15) is 5.10 Å². The normalized spacial score (nSPS) is 11.6. The number of benzene rings is 3. The molecule has 1 aromatic heterocycles. The molecule has 0 saturated heterocycles. The standard InChI is InChI=1S/C27H23Cl2FN4O3S/c1-18-14-20(19(2)34(18)26-9-4-3-8-25(26)30)16-31-32-27(35)17-33(23-7-5-6-22(29)15-23)38(36,37)24-12-10-21(28)11-13-24/h3-16H,17H2,1-2H3,(H,32,35)/b31-16-. The zero-order valence-corrected chi connectivity index (χ0v) is 22.7. The third-order valence-electron chi connectivity index (χ3n) is 5.74. The van der Waals surface area contributed by atoms with Gasteiger partial charge in [0.2, 0.25) is 0 Å². The molecule has 0 atom stereocenters. The van der Waals surface area contributed by atoms with E-state index in [2.05, 4.69) is 10.5 Å². The minimum absolute atomic E-state index is 0.0428. The monoisotopic (exact) mass is 572 g/mol. The van der Waals surface area contributed by atoms with E-state index in [9.17, 15) is 17.6 Å². The number of hydrogen-bond acceptors (Lipinski definition) is 4. The molecule has 0 fully saturated rings. The first kappa shape index (κ1) is 27.4. The zero-order chi connectivity index (χ0) is 27.4. The van der Waals surface area contributed by atoms with Gasteiger partial charge in [0.05, 0.1) is 22.5 Å². The van der Waals surface area contributed by atoms with E-state index in [1.807, 2.05) is 13.8 Å². The predicted octanol–water partition coefficient (Wildman–Crippen LogP) is 5.89. The molecule has 196 valence electrons. The second kappa shape index (κ2) is 11.4. The van der Waals surface area contributed by atoms with Gasteiger partial charge in [-0.05, 0) is 74.5 Å². The number of aromatic nitrogens is 1. The molecule has 1 heterocycles. The Labute approximate surface area is 230 Å². The number of aryl methyl sites for hydroxylation is 1. The minimum atomic E-state index is -4.14. The number of hydrazone groups is 1. The van der Waals surface area contributed by atoms with Crippen molar-refractivity contribution in [2.45, 2.75) is 18.7 Å². The number of sulfonamides is 1. The fourth-order valence-corrected chi connectivity index (χ4v) is 5.67. The lowest BCUT2D eigenvalue weighted by molar-refractivity contribution is -0.119. The Balaban J connectivity index is 1.56. The van der Waals surface area contributed by atoms with Crippen molar-refractivity contribution in [3.63, 3.8) is 0 Å². The molecule has 0 radical (unpaired) electrons. The molecular weight excluding hydrogens is 550 g/mol. The average Bonchev–Trinajstić information content (AvgIpc) is 3.15. The van der Waals surface area contributed by atoms with Crippen molar-refractivity contribution in [3.05, 3.63) is 112 Å². The van der Waals surface area contributed by atoms with E-state index in [4.69, 9.17) is 23.2 Å². The van der Waals surface area contributed by atoms with Crippen molar-refractivity contribution in [2.24, 2.45) is 5.10 Å². The lowest BCUT2D eigenvalue weighted by Crippen LogP contribution is -2.39. The van der Waals surface area contributed by atoms with Crippen molar-refractivity contribution < 1.29 is 17.6 Å². The maximum absolute atomic E-state index is 14.3. The van der Waals surface area contributed by atoms with Gasteiger partial charge < -0.3 is 4.57 Å². The van der Waals surface area contributed by atoms with Crippen molar-refractivity contribution in [3.8, 4) is 5.69 Å². The maximum Gasteiger partial charge on any atom is 0.264 e. The Morgan fingerprint density at radius 2 is 1.71 bits per heavy atom. The molecule has 7 nitrogen and oxygen atoms in total. The first-order chi connectivity index (χ1) is 18.1. The number of hydrogen-bond donors (Lipinski definition) is 1. The van der Waals surface area contributed by atoms with Gasteiger partial charge >= 0.3 is 0 Å². The number of anilines is 1. The summed E-state index contributed by atoms with van der Waals surface area (Å²) in [5.74, 6) is -1.05. The molecule has 4 rings (SSSR count). The second-order valence-electron chi connectivity index (χ2n) is 8.35. The van der Waals surface area contributed by atoms with Gasteiger partial charge in [0, 0.05) is 27.0 Å². The van der Waals surface area contributed by atoms with Crippen LogP contribution in [0.25, 0.3) is 5.69 Å². The molecule has 0 saturated carbocycles. The summed E-state index contributed by atoms with van der Waals surface area (Å²) in [6.07, 6.45) is 1.43. The van der Waals surface area contributed by atoms with Crippen LogP contribution in [0.1, 0.15) is 17.0 Å². The van der Waals surface area contributed by atoms with Crippen LogP contribution in [0.4, 0.5) is 10.1 Å². The second-order valence-corrected chi connectivity index (χ2v) is 11.1. The molecule has 0 unspecified atom stereocenters. The van der Waals surface area contributed by atoms with E-state index in [1.165, 1.54) is 48.7 Å². The SMILES string of the molecule is Cc1cc(/C=N\NC(=O)CN(c2cccc(Cl)c2)S(=O)(=O)c2ccc(Cl)cc2)c(C)n1-c1ccccc1F. The van der Waals surface area contributed by atoms with Gasteiger partial charge in [0.25, 0.3) is 15.9 Å². The number of rotatable bonds is 8. The molecule has 1 N–H and O–H groups in total. The minimum Gasteiger partial charge on any atom is -0.315 e. The number of halogens is 3. The smallest absolute Gasteiger partial charge is 0.264 e. The van der Waals surface area contributed by atoms with Gasteiger partial charge in [-0.15, -0.1) is 0 Å². The first-order valence-corrected chi connectivity index (χ1v) is 13.6. The molecule has 4 aromatic rings. The lowest BCUT2D eigenvalue weighted by atomic mass is 10.2. The highest BCUT2D eigenvalue weighted by molar-refractivity contribution is 7.92. The largest absolute Gasteiger partial charge is 0.315 e. The van der Waals surface area contributed by atoms with Crippen molar-refractivity contribution in [1.29, 1.82) is 0 Å². The molecule has 0 aliphatic heterocycles. The Hall–Kier alpha value is -3.66. The highest BCUT2D eigenvalue weighted by atomic mass is 35.5. The molecule has 0 spiro atoms. The predicted molar refractivity (Wildman–Crippen MR) is 148 cm³/mol. The Morgan fingerprint density at radius 3 is 2.39 bits per heavy atom. The first-order valence-electron chi connectivity index (χ1n) is 11.4. The number of nitrogens with zero attached hydrogens (tertiary/aromatic N) is 3. The quantitative estimate of drug-likeness (QED) is 0.211. The summed E-state index contributed by atoms with van der Waals surface area (Å²) < 4.78 is 43.9. The summed E-state index contributed by atoms with van der Waals surface area (Å²) in [5, 5.41) is 4.69. The van der Waals surface area contributed by atoms with Crippen LogP contribution in [0.3, 0.4) is 0 Å². The highest BCUT2D eigenvalue weighted by Gasteiger charge is 2.27. The van der Waals surface area contributed by atoms with Crippen LogP contribution in [0.5, 0.6) is 0 Å². The number of carbonyl (C=O) groups excluding carboxylic acids is 1. The van der Waals surface area contributed by atoms with Crippen LogP contribution in [-0.4, -0.2) is 31.7 Å². The average molecular weight is 573 g/mol. The third kappa shape index (κ3) is 5.91. The van der Waals surface area contributed by atoms with Gasteiger partial charge in [-0.1, -0.05) is 41.4 Å². The Morgan fingerprint density at radius 1 is 1.00 bits per heavy atom. The fourth-order valence-electron chi connectivity index (χ4n) is 3.94. The molecule has 0 bridgehead atoms. The summed E-state index contributed by atoms with van der Waals surface area (Å²) in [6, 6.07) is 20.0. The van der Waals surface area contributed by atoms with E-state index in [1.54, 1.807) is 41.0 Å². The van der Waals surface area contributed by atoms with Crippen molar-refractivity contribution in [2.75, 3.05) is 10.8 Å². The molecule has 0 aliphatic carbocycles. The number of nitrogens with one attached hydrogen (secondary N) is 1. The van der Waals surface area contributed by atoms with Crippen molar-refractivity contribution >= 4 is 51.0 Å². The summed E-state index contributed by atoms with van der Waals surface area (Å²) in [7, 11) is -4.14. The van der Waals surface area contributed by atoms with Crippen LogP contribution >= 0.6 is 23.2 Å². The van der Waals surface area contributed by atoms with Crippen LogP contribution in [0, 0.1) is 19.7 Å². The van der Waals surface area contributed by atoms with Gasteiger partial charge in [0.1, 0.15) is 12.4 Å². The Bertz CT molecular complexity index is 1620. The summed E-state index contributed by atoms with van der Waals surface area (Å²) in [5.41, 5.74) is 5.14. The third-order valence-corrected chi connectivity index (χ3v) is 8.02. The van der Waals surface area contributed by atoms with Gasteiger partial charge in [-0.25, -0.2) is 18.2 Å². The van der Waals surface area contributed by atoms with Gasteiger partial charge in [-0.3, -0.25) is 9.10 Å². The van der Waals surface area contributed by atoms with Crippen LogP contribution in [-0.2, 0) is 14.8 Å². The van der Waals surface area contributed by atoms with E-state index >= 15 is 0 Å². The van der Waals surface area contributed by atoms with E-state index in [0.717, 1.165) is 15.7 Å². The zero-order valence-electron chi connectivity index (χ0n) is 20.4. The van der Waals surface area contributed by atoms with Crippen LogP contribution in [0.2, 0.25) is 10.0 Å². The maximum atomic E-state index is 14.3. The van der Waals surface area contributed by atoms with Crippen LogP contribution < -0.4 is 9.73 Å². The molecule has 11 heteroatoms. The summed E-state index contributed by atoms with van der Waals surface area (Å²) in [6.45, 7) is 3.08. The summed E-state index contributed by atoms with van der Waals surface area (Å²) >= 11 is 12.0. The number of amides is 1. The molecule has 0 aliphatic rings. The van der Waals surface area contributed by atoms with E-state index in [-0.39, 0.29) is 16.4 Å². The molecule has 1 amide bonds. The highest BCUT2D eigenvalue weighted by Crippen LogP contribution is 2.27. The van der Waals surface area contributed by atoms with Gasteiger partial charge in [0.15, 0.2) is 0 Å². The lowest BCUT2D eigenvalue weighted by Gasteiger charge is -2.23. The molecule has 38 heavy (non-hydrogen) atoms. The fraction of sp³-hybridized carbons (Fsp3) is 0.111. The number of para-hydroxylation sites is 1. The van der Waals surface area contributed by atoms with Crippen molar-refractivity contribution in [1.82, 2.24) is 9.99 Å². The van der Waals surface area contributed by atoms with E-state index < -0.39 is 22.5 Å². The Kier molecular flexibility index (Phi) is 8.20. The van der Waals surface area contributed by atoms with Crippen LogP contribution in [0.15, 0.2) is 88.9 Å². The number of carbonyl (C=O) groups is 1. The molecular formula is C27H23Cl2FN4O3S. The van der Waals surface area contributed by atoms with E-state index in [0.29, 0.717) is 21.3 Å².